The molecule has 0 aliphatic carbocycles. The highest BCUT2D eigenvalue weighted by atomic mass is 15.0. The van der Waals surface area contributed by atoms with E-state index in [9.17, 15) is 5.26 Å². The molecule has 86 valence electrons. The maximum atomic E-state index is 9.38. The number of aryl methyl sites for hydroxylation is 1. The van der Waals surface area contributed by atoms with Gasteiger partial charge in [-0.1, -0.05) is 36.4 Å². The second-order valence-electron chi connectivity index (χ2n) is 4.15. The molecule has 0 bridgehead atoms. The molecule has 3 nitrogen and oxygen atoms in total. The second kappa shape index (κ2) is 4.01. The van der Waals surface area contributed by atoms with E-state index in [1.807, 2.05) is 59.9 Å². The number of hydrogen-bond acceptors (Lipinski definition) is 2. The summed E-state index contributed by atoms with van der Waals surface area (Å²) in [5.41, 5.74) is 4.13. The molecular weight excluding hydrogens is 222 g/mol. The molecule has 3 rings (SSSR count). The average Bonchev–Trinajstić information content (AvgIpc) is 2.79. The first-order chi connectivity index (χ1) is 8.81. The smallest absolute Gasteiger partial charge is 0.152 e. The number of nitriles is 1. The van der Waals surface area contributed by atoms with Gasteiger partial charge in [-0.2, -0.15) is 5.26 Å². The number of rotatable bonds is 1. The predicted molar refractivity (Wildman–Crippen MR) is 70.1 cm³/mol. The molecule has 3 heteroatoms. The van der Waals surface area contributed by atoms with Crippen molar-refractivity contribution in [1.29, 1.82) is 5.26 Å². The van der Waals surface area contributed by atoms with Crippen molar-refractivity contribution in [3.8, 4) is 17.3 Å². The number of hydrogen-bond donors (Lipinski definition) is 0. The lowest BCUT2D eigenvalue weighted by atomic mass is 10.1. The lowest BCUT2D eigenvalue weighted by molar-refractivity contribution is 1.07. The number of benzene rings is 1. The van der Waals surface area contributed by atoms with Gasteiger partial charge in [0.15, 0.2) is 5.69 Å². The fourth-order valence-electron chi connectivity index (χ4n) is 2.16. The molecule has 0 aliphatic heterocycles. The van der Waals surface area contributed by atoms with E-state index in [0.717, 1.165) is 22.6 Å². The Kier molecular flexibility index (Phi) is 2.35. The molecule has 0 unspecified atom stereocenters. The minimum atomic E-state index is 0.592. The van der Waals surface area contributed by atoms with Crippen molar-refractivity contribution < 1.29 is 0 Å². The normalized spacial score (nSPS) is 10.4. The van der Waals surface area contributed by atoms with Crippen molar-refractivity contribution >= 4 is 5.65 Å². The van der Waals surface area contributed by atoms with Crippen molar-refractivity contribution in [1.82, 2.24) is 9.38 Å². The monoisotopic (exact) mass is 233 g/mol. The topological polar surface area (TPSA) is 41.1 Å². The van der Waals surface area contributed by atoms with E-state index >= 15 is 0 Å². The summed E-state index contributed by atoms with van der Waals surface area (Å²) in [4.78, 5) is 4.56. The van der Waals surface area contributed by atoms with Crippen LogP contribution in [-0.4, -0.2) is 9.38 Å². The van der Waals surface area contributed by atoms with Crippen LogP contribution in [0.4, 0.5) is 0 Å². The highest BCUT2D eigenvalue weighted by Crippen LogP contribution is 2.24. The van der Waals surface area contributed by atoms with Gasteiger partial charge in [-0.05, 0) is 19.1 Å². The van der Waals surface area contributed by atoms with Crippen molar-refractivity contribution in [2.75, 3.05) is 0 Å². The molecule has 2 aromatic heterocycles. The van der Waals surface area contributed by atoms with Gasteiger partial charge in [-0.25, -0.2) is 4.98 Å². The van der Waals surface area contributed by atoms with Crippen LogP contribution in [0.2, 0.25) is 0 Å². The van der Waals surface area contributed by atoms with E-state index in [0.29, 0.717) is 5.69 Å². The van der Waals surface area contributed by atoms with E-state index in [-0.39, 0.29) is 0 Å². The van der Waals surface area contributed by atoms with Gasteiger partial charge in [0.1, 0.15) is 17.4 Å². The highest BCUT2D eigenvalue weighted by molar-refractivity contribution is 5.69. The number of fused-ring (bicyclic) bond motifs is 1. The number of aromatic nitrogens is 2. The minimum Gasteiger partial charge on any atom is -0.288 e. The Morgan fingerprint density at radius 2 is 1.83 bits per heavy atom. The molecular formula is C15H11N3. The van der Waals surface area contributed by atoms with E-state index in [2.05, 4.69) is 11.1 Å². The summed E-state index contributed by atoms with van der Waals surface area (Å²) in [5.74, 6) is 0. The lowest BCUT2D eigenvalue weighted by Gasteiger charge is -2.00. The van der Waals surface area contributed by atoms with Crippen molar-refractivity contribution in [3.63, 3.8) is 0 Å². The van der Waals surface area contributed by atoms with Crippen LogP contribution in [0, 0.1) is 18.3 Å². The summed E-state index contributed by atoms with van der Waals surface area (Å²) in [6, 6.07) is 17.9. The number of imidazole rings is 1. The van der Waals surface area contributed by atoms with Crippen LogP contribution in [0.1, 0.15) is 11.4 Å². The standard InChI is InChI=1S/C15H11N3/c1-11-6-5-9-14-17-15(13(10-16)18(11)14)12-7-3-2-4-8-12/h2-9H,1H3. The zero-order valence-corrected chi connectivity index (χ0v) is 9.96. The number of pyridine rings is 1. The molecule has 0 atom stereocenters. The van der Waals surface area contributed by atoms with E-state index in [1.165, 1.54) is 0 Å². The Hall–Kier alpha value is -2.60. The third-order valence-corrected chi connectivity index (χ3v) is 2.99. The maximum Gasteiger partial charge on any atom is 0.152 e. The van der Waals surface area contributed by atoms with Gasteiger partial charge in [0, 0.05) is 11.3 Å². The first kappa shape index (κ1) is 10.5. The van der Waals surface area contributed by atoms with Crippen molar-refractivity contribution in [2.45, 2.75) is 6.92 Å². The van der Waals surface area contributed by atoms with E-state index in [1.54, 1.807) is 0 Å². The zero-order chi connectivity index (χ0) is 12.5. The van der Waals surface area contributed by atoms with Crippen LogP contribution in [0.3, 0.4) is 0 Å². The molecule has 0 saturated carbocycles. The first-order valence-corrected chi connectivity index (χ1v) is 5.75. The largest absolute Gasteiger partial charge is 0.288 e. The van der Waals surface area contributed by atoms with Crippen LogP contribution >= 0.6 is 0 Å². The summed E-state index contributed by atoms with van der Waals surface area (Å²) in [6.07, 6.45) is 0. The van der Waals surface area contributed by atoms with Gasteiger partial charge >= 0.3 is 0 Å². The molecule has 18 heavy (non-hydrogen) atoms. The predicted octanol–water partition coefficient (Wildman–Crippen LogP) is 3.18. The van der Waals surface area contributed by atoms with Gasteiger partial charge < -0.3 is 0 Å². The van der Waals surface area contributed by atoms with Crippen LogP contribution < -0.4 is 0 Å². The Morgan fingerprint density at radius 1 is 1.06 bits per heavy atom. The van der Waals surface area contributed by atoms with Crippen LogP contribution in [0.5, 0.6) is 0 Å². The third kappa shape index (κ3) is 1.47. The molecule has 0 amide bonds. The van der Waals surface area contributed by atoms with Gasteiger partial charge in [-0.3, -0.25) is 4.40 Å². The fraction of sp³-hybridized carbons (Fsp3) is 0.0667. The molecule has 0 fully saturated rings. The Balaban J connectivity index is 2.39. The van der Waals surface area contributed by atoms with Gasteiger partial charge in [0.05, 0.1) is 0 Å². The van der Waals surface area contributed by atoms with Crippen LogP contribution in [0.15, 0.2) is 48.5 Å². The summed E-state index contributed by atoms with van der Waals surface area (Å²) in [6.45, 7) is 1.98. The molecule has 0 N–H and O–H groups in total. The zero-order valence-electron chi connectivity index (χ0n) is 9.96. The van der Waals surface area contributed by atoms with E-state index < -0.39 is 0 Å². The lowest BCUT2D eigenvalue weighted by Crippen LogP contribution is -1.93. The molecule has 2 heterocycles. The summed E-state index contributed by atoms with van der Waals surface area (Å²) in [5, 5.41) is 9.38. The summed E-state index contributed by atoms with van der Waals surface area (Å²) < 4.78 is 1.89. The number of nitrogens with zero attached hydrogens (tertiary/aromatic N) is 3. The summed E-state index contributed by atoms with van der Waals surface area (Å²) in [7, 11) is 0. The minimum absolute atomic E-state index is 0.592. The average molecular weight is 233 g/mol. The van der Waals surface area contributed by atoms with Crippen molar-refractivity contribution in [2.24, 2.45) is 0 Å². The molecule has 3 aromatic rings. The Bertz CT molecular complexity index is 748. The quantitative estimate of drug-likeness (QED) is 0.647. The Labute approximate surface area is 105 Å². The second-order valence-corrected chi connectivity index (χ2v) is 4.15. The third-order valence-electron chi connectivity index (χ3n) is 2.99. The first-order valence-electron chi connectivity index (χ1n) is 5.75. The summed E-state index contributed by atoms with van der Waals surface area (Å²) >= 11 is 0. The van der Waals surface area contributed by atoms with Crippen LogP contribution in [-0.2, 0) is 0 Å². The SMILES string of the molecule is Cc1cccc2nc(-c3ccccc3)c(C#N)n12. The van der Waals surface area contributed by atoms with Gasteiger partial charge in [0.25, 0.3) is 0 Å². The van der Waals surface area contributed by atoms with Gasteiger partial charge in [-0.15, -0.1) is 0 Å². The van der Waals surface area contributed by atoms with E-state index in [4.69, 9.17) is 0 Å². The molecule has 0 saturated heterocycles. The molecule has 0 spiro atoms. The van der Waals surface area contributed by atoms with Crippen molar-refractivity contribution in [3.05, 3.63) is 59.9 Å². The van der Waals surface area contributed by atoms with Crippen LogP contribution in [0.25, 0.3) is 16.9 Å². The Morgan fingerprint density at radius 3 is 2.56 bits per heavy atom. The molecule has 1 aromatic carbocycles. The fourth-order valence-corrected chi connectivity index (χ4v) is 2.16. The maximum absolute atomic E-state index is 9.38. The van der Waals surface area contributed by atoms with Gasteiger partial charge in [0.2, 0.25) is 0 Å². The molecule has 0 aliphatic rings. The highest BCUT2D eigenvalue weighted by Gasteiger charge is 2.14. The molecule has 0 radical (unpaired) electrons.